The molecule has 0 fully saturated rings. The molecule has 3 aromatic rings. The first kappa shape index (κ1) is 21.9. The van der Waals surface area contributed by atoms with Crippen molar-refractivity contribution in [3.63, 3.8) is 0 Å². The minimum Gasteiger partial charge on any atom is -0.326 e. The Hall–Kier alpha value is -2.84. The number of carbonyl (C=O) groups excluding carboxylic acids is 2. The normalized spacial score (nSPS) is 10.6. The molecule has 0 aliphatic carbocycles. The average Bonchev–Trinajstić information content (AvgIpc) is 3.08. The summed E-state index contributed by atoms with van der Waals surface area (Å²) in [6.45, 7) is 1.90. The number of para-hydroxylation sites is 1. The van der Waals surface area contributed by atoms with E-state index in [1.165, 1.54) is 11.8 Å². The Morgan fingerprint density at radius 3 is 2.60 bits per heavy atom. The maximum absolute atomic E-state index is 12.3. The van der Waals surface area contributed by atoms with Crippen LogP contribution in [0.3, 0.4) is 0 Å². The van der Waals surface area contributed by atoms with Crippen molar-refractivity contribution < 1.29 is 9.59 Å². The van der Waals surface area contributed by atoms with Gasteiger partial charge in [-0.25, -0.2) is 0 Å². The van der Waals surface area contributed by atoms with Crippen molar-refractivity contribution in [2.45, 2.75) is 24.9 Å². The highest BCUT2D eigenvalue weighted by Gasteiger charge is 2.13. The lowest BCUT2D eigenvalue weighted by atomic mass is 10.2. The van der Waals surface area contributed by atoms with Gasteiger partial charge in [0, 0.05) is 36.3 Å². The Labute approximate surface area is 184 Å². The highest BCUT2D eigenvalue weighted by atomic mass is 35.5. The lowest BCUT2D eigenvalue weighted by Crippen LogP contribution is -2.15. The first-order chi connectivity index (χ1) is 14.4. The number of anilines is 2. The molecule has 0 bridgehead atoms. The van der Waals surface area contributed by atoms with Gasteiger partial charge in [-0.3, -0.25) is 9.59 Å². The van der Waals surface area contributed by atoms with E-state index in [0.717, 1.165) is 11.3 Å². The molecule has 7 nitrogen and oxygen atoms in total. The van der Waals surface area contributed by atoms with Gasteiger partial charge in [0.05, 0.1) is 5.75 Å². The molecule has 3 rings (SSSR count). The van der Waals surface area contributed by atoms with Crippen LogP contribution in [0.1, 0.15) is 17.8 Å². The minimum absolute atomic E-state index is 0.0883. The Bertz CT molecular complexity index is 1040. The topological polar surface area (TPSA) is 88.9 Å². The number of thioether (sulfide) groups is 1. The second-order valence-corrected chi connectivity index (χ2v) is 8.05. The van der Waals surface area contributed by atoms with Crippen molar-refractivity contribution in [1.29, 1.82) is 0 Å². The maximum atomic E-state index is 12.3. The first-order valence-electron chi connectivity index (χ1n) is 9.34. The van der Waals surface area contributed by atoms with Gasteiger partial charge in [-0.2, -0.15) is 0 Å². The summed E-state index contributed by atoms with van der Waals surface area (Å²) in [5.41, 5.74) is 2.39. The molecule has 0 saturated heterocycles. The molecule has 2 N–H and O–H groups in total. The van der Waals surface area contributed by atoms with Crippen molar-refractivity contribution in [1.82, 2.24) is 14.8 Å². The zero-order valence-corrected chi connectivity index (χ0v) is 18.3. The predicted molar refractivity (Wildman–Crippen MR) is 120 cm³/mol. The molecule has 0 spiro atoms. The number of aromatic nitrogens is 3. The van der Waals surface area contributed by atoms with Gasteiger partial charge < -0.3 is 15.2 Å². The van der Waals surface area contributed by atoms with Crippen LogP contribution in [0.4, 0.5) is 11.4 Å². The van der Waals surface area contributed by atoms with Gasteiger partial charge in [-0.15, -0.1) is 10.2 Å². The van der Waals surface area contributed by atoms with E-state index in [2.05, 4.69) is 20.8 Å². The summed E-state index contributed by atoms with van der Waals surface area (Å²) in [6.07, 6.45) is 0.747. The summed E-state index contributed by atoms with van der Waals surface area (Å²) < 4.78 is 1.80. The van der Waals surface area contributed by atoms with Crippen LogP contribution >= 0.6 is 23.4 Å². The van der Waals surface area contributed by atoms with Crippen LogP contribution in [0.25, 0.3) is 0 Å². The quantitative estimate of drug-likeness (QED) is 0.512. The van der Waals surface area contributed by atoms with Gasteiger partial charge in [-0.05, 0) is 36.8 Å². The standard InChI is InChI=1S/C21H22ClN5O2S/c1-14-8-9-15(22)12-17(14)24-20(29)13-30-21-26-25-18(27(21)2)10-11-19(28)23-16-6-4-3-5-7-16/h3-9,12H,10-11,13H2,1-2H3,(H,23,28)(H,24,29). The van der Waals surface area contributed by atoms with Crippen molar-refractivity contribution in [2.24, 2.45) is 7.05 Å². The summed E-state index contributed by atoms with van der Waals surface area (Å²) in [7, 11) is 1.83. The van der Waals surface area contributed by atoms with Gasteiger partial charge in [0.25, 0.3) is 0 Å². The number of halogens is 1. The Morgan fingerprint density at radius 1 is 1.07 bits per heavy atom. The van der Waals surface area contributed by atoms with Crippen LogP contribution < -0.4 is 10.6 Å². The van der Waals surface area contributed by atoms with E-state index in [0.29, 0.717) is 34.5 Å². The van der Waals surface area contributed by atoms with Crippen molar-refractivity contribution >= 4 is 46.6 Å². The molecule has 2 amide bonds. The minimum atomic E-state index is -0.155. The molecule has 0 unspecified atom stereocenters. The monoisotopic (exact) mass is 443 g/mol. The van der Waals surface area contributed by atoms with Gasteiger partial charge in [0.15, 0.2) is 5.16 Å². The number of hydrogen-bond donors (Lipinski definition) is 2. The van der Waals surface area contributed by atoms with E-state index in [1.807, 2.05) is 50.4 Å². The fourth-order valence-corrected chi connectivity index (χ4v) is 3.61. The number of benzene rings is 2. The smallest absolute Gasteiger partial charge is 0.234 e. The van der Waals surface area contributed by atoms with E-state index >= 15 is 0 Å². The van der Waals surface area contributed by atoms with Crippen molar-refractivity contribution in [2.75, 3.05) is 16.4 Å². The van der Waals surface area contributed by atoms with Gasteiger partial charge in [0.2, 0.25) is 11.8 Å². The fraction of sp³-hybridized carbons (Fsp3) is 0.238. The van der Waals surface area contributed by atoms with Crippen LogP contribution in [0.5, 0.6) is 0 Å². The highest BCUT2D eigenvalue weighted by Crippen LogP contribution is 2.21. The molecule has 9 heteroatoms. The molecule has 1 aromatic heterocycles. The lowest BCUT2D eigenvalue weighted by Gasteiger charge is -2.09. The number of amides is 2. The van der Waals surface area contributed by atoms with Crippen molar-refractivity contribution in [3.8, 4) is 0 Å². The van der Waals surface area contributed by atoms with Gasteiger partial charge >= 0.3 is 0 Å². The van der Waals surface area contributed by atoms with E-state index in [1.54, 1.807) is 16.7 Å². The van der Waals surface area contributed by atoms with Crippen LogP contribution in [0.15, 0.2) is 53.7 Å². The average molecular weight is 444 g/mol. The number of rotatable bonds is 8. The number of carbonyl (C=O) groups is 2. The fourth-order valence-electron chi connectivity index (χ4n) is 2.70. The molecule has 30 heavy (non-hydrogen) atoms. The van der Waals surface area contributed by atoms with Crippen LogP contribution in [-0.2, 0) is 23.1 Å². The number of nitrogens with zero attached hydrogens (tertiary/aromatic N) is 3. The van der Waals surface area contributed by atoms with Gasteiger partial charge in [-0.1, -0.05) is 47.6 Å². The van der Waals surface area contributed by atoms with Crippen molar-refractivity contribution in [3.05, 3.63) is 64.9 Å². The SMILES string of the molecule is Cc1ccc(Cl)cc1NC(=O)CSc1nnc(CCC(=O)Nc2ccccc2)n1C. The second kappa shape index (κ2) is 10.3. The van der Waals surface area contributed by atoms with Crippen LogP contribution in [-0.4, -0.2) is 32.3 Å². The van der Waals surface area contributed by atoms with E-state index < -0.39 is 0 Å². The summed E-state index contributed by atoms with van der Waals surface area (Å²) in [5, 5.41) is 15.2. The zero-order valence-electron chi connectivity index (χ0n) is 16.7. The van der Waals surface area contributed by atoms with Crippen LogP contribution in [0, 0.1) is 6.92 Å². The molecule has 0 radical (unpaired) electrons. The molecular formula is C21H22ClN5O2S. The number of nitrogens with one attached hydrogen (secondary N) is 2. The van der Waals surface area contributed by atoms with E-state index in [4.69, 9.17) is 11.6 Å². The third-order valence-corrected chi connectivity index (χ3v) is 5.62. The zero-order chi connectivity index (χ0) is 21.5. The third kappa shape index (κ3) is 6.08. The van der Waals surface area contributed by atoms with E-state index in [-0.39, 0.29) is 17.6 Å². The highest BCUT2D eigenvalue weighted by molar-refractivity contribution is 7.99. The molecule has 0 aliphatic rings. The number of hydrogen-bond acceptors (Lipinski definition) is 5. The van der Waals surface area contributed by atoms with Crippen LogP contribution in [0.2, 0.25) is 5.02 Å². The third-order valence-electron chi connectivity index (χ3n) is 4.36. The Morgan fingerprint density at radius 2 is 1.83 bits per heavy atom. The molecule has 1 heterocycles. The molecule has 156 valence electrons. The van der Waals surface area contributed by atoms with Gasteiger partial charge in [0.1, 0.15) is 5.82 Å². The van der Waals surface area contributed by atoms with E-state index in [9.17, 15) is 9.59 Å². The molecule has 2 aromatic carbocycles. The number of aryl methyl sites for hydroxylation is 2. The summed E-state index contributed by atoms with van der Waals surface area (Å²) in [5.74, 6) is 0.630. The predicted octanol–water partition coefficient (Wildman–Crippen LogP) is 4.08. The lowest BCUT2D eigenvalue weighted by molar-refractivity contribution is -0.116. The maximum Gasteiger partial charge on any atom is 0.234 e. The summed E-state index contributed by atoms with van der Waals surface area (Å²) >= 11 is 7.27. The molecule has 0 aliphatic heterocycles. The molecular weight excluding hydrogens is 422 g/mol. The largest absolute Gasteiger partial charge is 0.326 e. The first-order valence-corrected chi connectivity index (χ1v) is 10.7. The summed E-state index contributed by atoms with van der Waals surface area (Å²) in [6, 6.07) is 14.7. The molecule has 0 atom stereocenters. The molecule has 0 saturated carbocycles. The summed E-state index contributed by atoms with van der Waals surface area (Å²) in [4.78, 5) is 24.4. The Balaban J connectivity index is 1.49. The second-order valence-electron chi connectivity index (χ2n) is 6.67. The Kier molecular flexibility index (Phi) is 7.48.